The Hall–Kier alpha value is -1.06. The summed E-state index contributed by atoms with van der Waals surface area (Å²) >= 11 is 5.91. The maximum absolute atomic E-state index is 12.0. The molecule has 2 N–H and O–H groups in total. The molecular weight excluding hydrogens is 260 g/mol. The normalized spacial score (nSPS) is 21.6. The summed E-state index contributed by atoms with van der Waals surface area (Å²) in [5.41, 5.74) is 1.18. The fraction of sp³-hybridized carbons (Fsp3) is 0.533. The Labute approximate surface area is 119 Å². The molecule has 1 fully saturated rings. The van der Waals surface area contributed by atoms with E-state index in [4.69, 9.17) is 11.6 Å². The van der Waals surface area contributed by atoms with Crippen molar-refractivity contribution in [3.63, 3.8) is 0 Å². The van der Waals surface area contributed by atoms with Gasteiger partial charge in [-0.1, -0.05) is 30.7 Å². The highest BCUT2D eigenvalue weighted by Crippen LogP contribution is 2.21. The van der Waals surface area contributed by atoms with E-state index < -0.39 is 0 Å². The molecule has 0 aliphatic carbocycles. The first-order chi connectivity index (χ1) is 9.20. The second-order valence-corrected chi connectivity index (χ2v) is 5.45. The molecule has 1 aliphatic heterocycles. The van der Waals surface area contributed by atoms with E-state index in [9.17, 15) is 4.79 Å². The fourth-order valence-corrected chi connectivity index (χ4v) is 2.61. The van der Waals surface area contributed by atoms with Gasteiger partial charge >= 0.3 is 0 Å². The zero-order valence-corrected chi connectivity index (χ0v) is 12.0. The standard InChI is InChI=1S/C15H21ClN2O/c1-2-13(11-6-8-12(16)9-7-11)18-14-5-3-4-10-17-15(14)19/h6-9,13-14,18H,2-5,10H2,1H3,(H,17,19). The molecule has 1 aromatic rings. The Morgan fingerprint density at radius 1 is 1.37 bits per heavy atom. The highest BCUT2D eigenvalue weighted by Gasteiger charge is 2.23. The van der Waals surface area contributed by atoms with E-state index in [-0.39, 0.29) is 18.0 Å². The minimum absolute atomic E-state index is 0.0804. The topological polar surface area (TPSA) is 41.1 Å². The molecule has 0 aromatic heterocycles. The van der Waals surface area contributed by atoms with Crippen molar-refractivity contribution in [2.45, 2.75) is 44.7 Å². The number of hydrogen-bond acceptors (Lipinski definition) is 2. The molecule has 1 aliphatic rings. The molecule has 2 rings (SSSR count). The lowest BCUT2D eigenvalue weighted by Gasteiger charge is -2.23. The molecule has 1 heterocycles. The zero-order chi connectivity index (χ0) is 13.7. The summed E-state index contributed by atoms with van der Waals surface area (Å²) in [5.74, 6) is 0.130. The highest BCUT2D eigenvalue weighted by molar-refractivity contribution is 6.30. The molecule has 104 valence electrons. The number of nitrogens with one attached hydrogen (secondary N) is 2. The minimum atomic E-state index is -0.0804. The molecule has 0 spiro atoms. The largest absolute Gasteiger partial charge is 0.355 e. The molecule has 1 amide bonds. The molecule has 2 unspecified atom stereocenters. The SMILES string of the molecule is CCC(NC1CCCCNC1=O)c1ccc(Cl)cc1. The van der Waals surface area contributed by atoms with Crippen LogP contribution in [0.4, 0.5) is 0 Å². The molecular formula is C15H21ClN2O. The Balaban J connectivity index is 2.05. The highest BCUT2D eigenvalue weighted by atomic mass is 35.5. The third kappa shape index (κ3) is 3.95. The van der Waals surface area contributed by atoms with Crippen molar-refractivity contribution in [2.24, 2.45) is 0 Å². The predicted octanol–water partition coefficient (Wildman–Crippen LogP) is 3.05. The summed E-state index contributed by atoms with van der Waals surface area (Å²) < 4.78 is 0. The van der Waals surface area contributed by atoms with Gasteiger partial charge in [-0.3, -0.25) is 10.1 Å². The Kier molecular flexibility index (Phi) is 5.23. The monoisotopic (exact) mass is 280 g/mol. The maximum atomic E-state index is 12.0. The summed E-state index contributed by atoms with van der Waals surface area (Å²) in [7, 11) is 0. The van der Waals surface area contributed by atoms with E-state index in [1.54, 1.807) is 0 Å². The lowest BCUT2D eigenvalue weighted by atomic mass is 10.0. The van der Waals surface area contributed by atoms with E-state index in [2.05, 4.69) is 17.6 Å². The van der Waals surface area contributed by atoms with Gasteiger partial charge in [0.1, 0.15) is 0 Å². The van der Waals surface area contributed by atoms with Crippen molar-refractivity contribution in [1.29, 1.82) is 0 Å². The smallest absolute Gasteiger partial charge is 0.237 e. The van der Waals surface area contributed by atoms with Gasteiger partial charge in [-0.05, 0) is 43.4 Å². The van der Waals surface area contributed by atoms with Gasteiger partial charge in [0.15, 0.2) is 0 Å². The zero-order valence-electron chi connectivity index (χ0n) is 11.3. The van der Waals surface area contributed by atoms with Crippen molar-refractivity contribution >= 4 is 17.5 Å². The summed E-state index contributed by atoms with van der Waals surface area (Å²) in [6, 6.07) is 7.97. The summed E-state index contributed by atoms with van der Waals surface area (Å²) in [6.45, 7) is 2.93. The lowest BCUT2D eigenvalue weighted by molar-refractivity contribution is -0.123. The summed E-state index contributed by atoms with van der Waals surface area (Å²) in [6.07, 6.45) is 4.02. The van der Waals surface area contributed by atoms with Crippen LogP contribution in [0.3, 0.4) is 0 Å². The van der Waals surface area contributed by atoms with Crippen LogP contribution in [0.5, 0.6) is 0 Å². The minimum Gasteiger partial charge on any atom is -0.355 e. The van der Waals surface area contributed by atoms with Crippen molar-refractivity contribution in [3.8, 4) is 0 Å². The molecule has 19 heavy (non-hydrogen) atoms. The average molecular weight is 281 g/mol. The van der Waals surface area contributed by atoms with E-state index in [1.807, 2.05) is 24.3 Å². The van der Waals surface area contributed by atoms with Crippen molar-refractivity contribution in [2.75, 3.05) is 6.54 Å². The third-order valence-electron chi connectivity index (χ3n) is 3.62. The molecule has 1 aromatic carbocycles. The Morgan fingerprint density at radius 2 is 2.11 bits per heavy atom. The van der Waals surface area contributed by atoms with Gasteiger partial charge in [0.25, 0.3) is 0 Å². The number of benzene rings is 1. The second-order valence-electron chi connectivity index (χ2n) is 5.02. The van der Waals surface area contributed by atoms with Crippen LogP contribution >= 0.6 is 11.6 Å². The Morgan fingerprint density at radius 3 is 2.79 bits per heavy atom. The summed E-state index contributed by atoms with van der Waals surface area (Å²) in [5, 5.41) is 7.18. The molecule has 0 bridgehead atoms. The van der Waals surface area contributed by atoms with Gasteiger partial charge in [-0.2, -0.15) is 0 Å². The summed E-state index contributed by atoms with van der Waals surface area (Å²) in [4.78, 5) is 12.0. The quantitative estimate of drug-likeness (QED) is 0.890. The molecule has 4 heteroatoms. The first-order valence-electron chi connectivity index (χ1n) is 7.00. The fourth-order valence-electron chi connectivity index (χ4n) is 2.49. The molecule has 3 nitrogen and oxygen atoms in total. The van der Waals surface area contributed by atoms with Crippen molar-refractivity contribution in [1.82, 2.24) is 10.6 Å². The van der Waals surface area contributed by atoms with Crippen LogP contribution < -0.4 is 10.6 Å². The first kappa shape index (κ1) is 14.4. The van der Waals surface area contributed by atoms with Crippen LogP contribution in [0.25, 0.3) is 0 Å². The van der Waals surface area contributed by atoms with Crippen LogP contribution in [-0.2, 0) is 4.79 Å². The van der Waals surface area contributed by atoms with Gasteiger partial charge in [0.2, 0.25) is 5.91 Å². The second kappa shape index (κ2) is 6.92. The molecule has 2 atom stereocenters. The molecule has 0 radical (unpaired) electrons. The van der Waals surface area contributed by atoms with Crippen LogP contribution in [0, 0.1) is 0 Å². The van der Waals surface area contributed by atoms with E-state index >= 15 is 0 Å². The number of halogens is 1. The first-order valence-corrected chi connectivity index (χ1v) is 7.37. The number of hydrogen-bond donors (Lipinski definition) is 2. The molecule has 1 saturated heterocycles. The average Bonchev–Trinajstić information content (AvgIpc) is 2.62. The van der Waals surface area contributed by atoms with Gasteiger partial charge in [0, 0.05) is 17.6 Å². The number of carbonyl (C=O) groups is 1. The Bertz CT molecular complexity index is 419. The number of rotatable bonds is 4. The van der Waals surface area contributed by atoms with E-state index in [0.717, 1.165) is 37.3 Å². The van der Waals surface area contributed by atoms with Crippen LogP contribution in [0.1, 0.15) is 44.2 Å². The number of amides is 1. The van der Waals surface area contributed by atoms with E-state index in [1.165, 1.54) is 5.56 Å². The van der Waals surface area contributed by atoms with Gasteiger partial charge < -0.3 is 5.32 Å². The van der Waals surface area contributed by atoms with Crippen LogP contribution in [-0.4, -0.2) is 18.5 Å². The maximum Gasteiger partial charge on any atom is 0.237 e. The van der Waals surface area contributed by atoms with Gasteiger partial charge in [-0.15, -0.1) is 0 Å². The predicted molar refractivity (Wildman–Crippen MR) is 78.3 cm³/mol. The molecule has 0 saturated carbocycles. The van der Waals surface area contributed by atoms with Gasteiger partial charge in [-0.25, -0.2) is 0 Å². The van der Waals surface area contributed by atoms with Gasteiger partial charge in [0.05, 0.1) is 6.04 Å². The van der Waals surface area contributed by atoms with Crippen LogP contribution in [0.15, 0.2) is 24.3 Å². The third-order valence-corrected chi connectivity index (χ3v) is 3.87. The van der Waals surface area contributed by atoms with Crippen LogP contribution in [0.2, 0.25) is 5.02 Å². The lowest BCUT2D eigenvalue weighted by Crippen LogP contribution is -2.44. The van der Waals surface area contributed by atoms with Crippen molar-refractivity contribution in [3.05, 3.63) is 34.9 Å². The van der Waals surface area contributed by atoms with Crippen molar-refractivity contribution < 1.29 is 4.79 Å². The van der Waals surface area contributed by atoms with E-state index in [0.29, 0.717) is 0 Å². The number of carbonyl (C=O) groups excluding carboxylic acids is 1.